The molecule has 0 radical (unpaired) electrons. The van der Waals surface area contributed by atoms with Crippen LogP contribution in [0.4, 0.5) is 5.82 Å². The number of hydrogen-bond acceptors (Lipinski definition) is 3. The van der Waals surface area contributed by atoms with E-state index < -0.39 is 0 Å². The molecule has 0 atom stereocenters. The lowest BCUT2D eigenvalue weighted by atomic mass is 9.97. The highest BCUT2D eigenvalue weighted by molar-refractivity contribution is 5.75. The van der Waals surface area contributed by atoms with Gasteiger partial charge in [-0.3, -0.25) is 0 Å². The fourth-order valence-corrected chi connectivity index (χ4v) is 2.39. The number of hydrogen-bond donors (Lipinski definition) is 1. The van der Waals surface area contributed by atoms with Gasteiger partial charge in [0, 0.05) is 6.42 Å². The van der Waals surface area contributed by atoms with Crippen LogP contribution in [0.1, 0.15) is 57.3 Å². The predicted octanol–water partition coefficient (Wildman–Crippen LogP) is 4.78. The zero-order chi connectivity index (χ0) is 14.5. The Bertz CT molecular complexity index is 541. The van der Waals surface area contributed by atoms with E-state index in [1.165, 1.54) is 18.4 Å². The van der Waals surface area contributed by atoms with Gasteiger partial charge in [0.15, 0.2) is 5.82 Å². The van der Waals surface area contributed by atoms with Gasteiger partial charge >= 0.3 is 0 Å². The van der Waals surface area contributed by atoms with Gasteiger partial charge in [-0.05, 0) is 23.5 Å². The predicted molar refractivity (Wildman–Crippen MR) is 83.7 cm³/mol. The van der Waals surface area contributed by atoms with E-state index in [2.05, 4.69) is 50.2 Å². The number of rotatable bonds is 6. The van der Waals surface area contributed by atoms with Crippen LogP contribution >= 0.6 is 0 Å². The Morgan fingerprint density at radius 3 is 2.45 bits per heavy atom. The highest BCUT2D eigenvalue weighted by atomic mass is 16.5. The van der Waals surface area contributed by atoms with Crippen molar-refractivity contribution in [3.8, 4) is 11.1 Å². The van der Waals surface area contributed by atoms with Gasteiger partial charge in [-0.25, -0.2) is 0 Å². The van der Waals surface area contributed by atoms with E-state index in [0.717, 1.165) is 29.7 Å². The van der Waals surface area contributed by atoms with Gasteiger partial charge in [0.25, 0.3) is 0 Å². The van der Waals surface area contributed by atoms with Crippen molar-refractivity contribution in [1.29, 1.82) is 0 Å². The second-order valence-corrected chi connectivity index (χ2v) is 5.60. The third-order valence-corrected chi connectivity index (χ3v) is 3.66. The smallest absolute Gasteiger partial charge is 0.175 e. The van der Waals surface area contributed by atoms with Crippen LogP contribution in [0.2, 0.25) is 0 Å². The van der Waals surface area contributed by atoms with Crippen LogP contribution < -0.4 is 5.73 Å². The minimum Gasteiger partial charge on any atom is -0.380 e. The third kappa shape index (κ3) is 3.21. The molecule has 108 valence electrons. The molecular weight excluding hydrogens is 248 g/mol. The SMILES string of the molecule is CCCCCc1onc(N)c1-c1ccc(C(C)C)cc1. The molecule has 20 heavy (non-hydrogen) atoms. The molecule has 0 unspecified atom stereocenters. The van der Waals surface area contributed by atoms with E-state index in [0.29, 0.717) is 11.7 Å². The molecule has 0 saturated heterocycles. The summed E-state index contributed by atoms with van der Waals surface area (Å²) in [5.41, 5.74) is 9.37. The molecule has 1 aromatic heterocycles. The number of nitrogen functional groups attached to an aromatic ring is 1. The molecule has 2 aromatic rings. The summed E-state index contributed by atoms with van der Waals surface area (Å²) in [4.78, 5) is 0. The van der Waals surface area contributed by atoms with E-state index in [4.69, 9.17) is 10.3 Å². The summed E-state index contributed by atoms with van der Waals surface area (Å²) in [6.07, 6.45) is 4.41. The van der Waals surface area contributed by atoms with Crippen LogP contribution in [0.15, 0.2) is 28.8 Å². The highest BCUT2D eigenvalue weighted by Crippen LogP contribution is 2.31. The Labute approximate surface area is 121 Å². The van der Waals surface area contributed by atoms with Crippen molar-refractivity contribution in [2.75, 3.05) is 5.73 Å². The summed E-state index contributed by atoms with van der Waals surface area (Å²) < 4.78 is 5.40. The Balaban J connectivity index is 2.24. The molecular formula is C17H24N2O. The number of aryl methyl sites for hydroxylation is 1. The molecule has 0 fully saturated rings. The van der Waals surface area contributed by atoms with Crippen LogP contribution in [0.5, 0.6) is 0 Å². The molecule has 3 nitrogen and oxygen atoms in total. The maximum absolute atomic E-state index is 5.97. The second kappa shape index (κ2) is 6.60. The van der Waals surface area contributed by atoms with Crippen molar-refractivity contribution in [2.45, 2.75) is 52.4 Å². The fraction of sp³-hybridized carbons (Fsp3) is 0.471. The van der Waals surface area contributed by atoms with Crippen molar-refractivity contribution >= 4 is 5.82 Å². The van der Waals surface area contributed by atoms with Gasteiger partial charge in [-0.2, -0.15) is 0 Å². The molecule has 3 heteroatoms. The van der Waals surface area contributed by atoms with Crippen molar-refractivity contribution in [2.24, 2.45) is 0 Å². The molecule has 0 aliphatic heterocycles. The molecule has 0 amide bonds. The molecule has 1 heterocycles. The fourth-order valence-electron chi connectivity index (χ4n) is 2.39. The van der Waals surface area contributed by atoms with Crippen LogP contribution in [0.3, 0.4) is 0 Å². The molecule has 0 bridgehead atoms. The van der Waals surface area contributed by atoms with Gasteiger partial charge < -0.3 is 10.3 Å². The highest BCUT2D eigenvalue weighted by Gasteiger charge is 2.15. The lowest BCUT2D eigenvalue weighted by Gasteiger charge is -2.07. The minimum atomic E-state index is 0.494. The van der Waals surface area contributed by atoms with Crippen molar-refractivity contribution in [3.63, 3.8) is 0 Å². The van der Waals surface area contributed by atoms with E-state index >= 15 is 0 Å². The second-order valence-electron chi connectivity index (χ2n) is 5.60. The first-order valence-electron chi connectivity index (χ1n) is 7.47. The lowest BCUT2D eigenvalue weighted by Crippen LogP contribution is -1.92. The number of unbranched alkanes of at least 4 members (excludes halogenated alkanes) is 2. The molecule has 1 aromatic carbocycles. The maximum Gasteiger partial charge on any atom is 0.175 e. The molecule has 0 aliphatic rings. The quantitative estimate of drug-likeness (QED) is 0.770. The molecule has 0 aliphatic carbocycles. The number of anilines is 1. The first kappa shape index (κ1) is 14.6. The Hall–Kier alpha value is -1.77. The van der Waals surface area contributed by atoms with Crippen LogP contribution in [-0.2, 0) is 6.42 Å². The summed E-state index contributed by atoms with van der Waals surface area (Å²) in [7, 11) is 0. The Kier molecular flexibility index (Phi) is 4.83. The summed E-state index contributed by atoms with van der Waals surface area (Å²) >= 11 is 0. The zero-order valence-electron chi connectivity index (χ0n) is 12.6. The average Bonchev–Trinajstić information content (AvgIpc) is 2.80. The van der Waals surface area contributed by atoms with E-state index in [1.807, 2.05) is 0 Å². The summed E-state index contributed by atoms with van der Waals surface area (Å²) in [6.45, 7) is 6.58. The van der Waals surface area contributed by atoms with E-state index in [9.17, 15) is 0 Å². The number of nitrogens with zero attached hydrogens (tertiary/aromatic N) is 1. The van der Waals surface area contributed by atoms with Crippen molar-refractivity contribution in [3.05, 3.63) is 35.6 Å². The lowest BCUT2D eigenvalue weighted by molar-refractivity contribution is 0.382. The summed E-state index contributed by atoms with van der Waals surface area (Å²) in [5, 5.41) is 3.93. The number of nitrogens with two attached hydrogens (primary N) is 1. The van der Waals surface area contributed by atoms with Gasteiger partial charge in [0.2, 0.25) is 0 Å². The summed E-state index contributed by atoms with van der Waals surface area (Å²) in [5.74, 6) is 1.94. The first-order chi connectivity index (χ1) is 9.63. The molecule has 2 N–H and O–H groups in total. The first-order valence-corrected chi connectivity index (χ1v) is 7.47. The van der Waals surface area contributed by atoms with Gasteiger partial charge in [-0.1, -0.05) is 63.0 Å². The normalized spacial score (nSPS) is 11.2. The monoisotopic (exact) mass is 272 g/mol. The van der Waals surface area contributed by atoms with Gasteiger partial charge in [0.05, 0.1) is 5.56 Å². The summed E-state index contributed by atoms with van der Waals surface area (Å²) in [6, 6.07) is 8.54. The van der Waals surface area contributed by atoms with E-state index in [-0.39, 0.29) is 0 Å². The van der Waals surface area contributed by atoms with E-state index in [1.54, 1.807) is 0 Å². The van der Waals surface area contributed by atoms with Gasteiger partial charge in [0.1, 0.15) is 5.76 Å². The molecule has 2 rings (SSSR count). The third-order valence-electron chi connectivity index (χ3n) is 3.66. The van der Waals surface area contributed by atoms with Crippen molar-refractivity contribution in [1.82, 2.24) is 5.16 Å². The number of benzene rings is 1. The zero-order valence-corrected chi connectivity index (χ0v) is 12.6. The Morgan fingerprint density at radius 2 is 1.85 bits per heavy atom. The topological polar surface area (TPSA) is 52.0 Å². The van der Waals surface area contributed by atoms with Crippen LogP contribution in [0.25, 0.3) is 11.1 Å². The molecule has 0 spiro atoms. The van der Waals surface area contributed by atoms with Crippen LogP contribution in [-0.4, -0.2) is 5.16 Å². The average molecular weight is 272 g/mol. The van der Waals surface area contributed by atoms with Crippen molar-refractivity contribution < 1.29 is 4.52 Å². The van der Waals surface area contributed by atoms with Crippen LogP contribution in [0, 0.1) is 0 Å². The standard InChI is InChI=1S/C17H24N2O/c1-4-5-6-7-15-16(17(18)19-20-15)14-10-8-13(9-11-14)12(2)3/h8-12H,4-7H2,1-3H3,(H2,18,19). The number of aromatic nitrogens is 1. The minimum absolute atomic E-state index is 0.494. The van der Waals surface area contributed by atoms with Gasteiger partial charge in [-0.15, -0.1) is 0 Å². The Morgan fingerprint density at radius 1 is 1.15 bits per heavy atom. The largest absolute Gasteiger partial charge is 0.380 e. The molecule has 0 saturated carbocycles. The maximum atomic E-state index is 5.97.